The molecule has 2 saturated heterocycles. The third kappa shape index (κ3) is 4.95. The van der Waals surface area contributed by atoms with Gasteiger partial charge in [-0.1, -0.05) is 81.4 Å². The van der Waals surface area contributed by atoms with Crippen molar-refractivity contribution in [3.05, 3.63) is 60.7 Å². The third-order valence-corrected chi connectivity index (χ3v) is 12.1. The lowest BCUT2D eigenvalue weighted by Gasteiger charge is -2.47. The molecule has 2 aliphatic rings. The van der Waals surface area contributed by atoms with Gasteiger partial charge in [0.1, 0.15) is 5.60 Å². The van der Waals surface area contributed by atoms with E-state index in [0.717, 1.165) is 19.5 Å². The van der Waals surface area contributed by atoms with Crippen molar-refractivity contribution in [3.8, 4) is 0 Å². The number of hydrogen-bond acceptors (Lipinski definition) is 4. The number of amides is 1. The smallest absolute Gasteiger partial charge is 0.410 e. The van der Waals surface area contributed by atoms with Crippen molar-refractivity contribution < 1.29 is 14.0 Å². The molecule has 34 heavy (non-hydrogen) atoms. The summed E-state index contributed by atoms with van der Waals surface area (Å²) in [6.45, 7) is 16.0. The first-order valence-corrected chi connectivity index (χ1v) is 14.4. The Bertz CT molecular complexity index is 929. The summed E-state index contributed by atoms with van der Waals surface area (Å²) in [5.41, 5.74) is -0.491. The third-order valence-electron chi connectivity index (χ3n) is 7.06. The second-order valence-electron chi connectivity index (χ2n) is 11.6. The topological polar surface area (TPSA) is 42.0 Å². The first-order chi connectivity index (χ1) is 16.0. The Labute approximate surface area is 206 Å². The maximum Gasteiger partial charge on any atom is 0.410 e. The van der Waals surface area contributed by atoms with Gasteiger partial charge in [0.2, 0.25) is 0 Å². The molecule has 184 valence electrons. The highest BCUT2D eigenvalue weighted by Gasteiger charge is 2.54. The van der Waals surface area contributed by atoms with E-state index in [2.05, 4.69) is 86.3 Å². The van der Waals surface area contributed by atoms with Crippen LogP contribution >= 0.6 is 0 Å². The quantitative estimate of drug-likeness (QED) is 0.614. The number of benzene rings is 2. The molecular weight excluding hydrogens is 440 g/mol. The normalized spacial score (nSPS) is 21.9. The molecule has 5 nitrogen and oxygen atoms in total. The van der Waals surface area contributed by atoms with Crippen LogP contribution in [0.15, 0.2) is 60.7 Å². The zero-order valence-corrected chi connectivity index (χ0v) is 22.6. The van der Waals surface area contributed by atoms with Crippen molar-refractivity contribution in [1.29, 1.82) is 0 Å². The second-order valence-corrected chi connectivity index (χ2v) is 15.9. The van der Waals surface area contributed by atoms with Gasteiger partial charge in [0.05, 0.1) is 12.1 Å². The number of piperazine rings is 1. The van der Waals surface area contributed by atoms with Crippen LogP contribution in [0.1, 0.15) is 48.0 Å². The van der Waals surface area contributed by atoms with E-state index in [1.807, 2.05) is 25.7 Å². The molecule has 0 spiro atoms. The van der Waals surface area contributed by atoms with E-state index in [-0.39, 0.29) is 23.3 Å². The summed E-state index contributed by atoms with van der Waals surface area (Å²) in [6, 6.07) is 21.8. The molecule has 6 heteroatoms. The van der Waals surface area contributed by atoms with Gasteiger partial charge in [-0.2, -0.15) is 0 Å². The average molecular weight is 481 g/mol. The predicted molar refractivity (Wildman–Crippen MR) is 140 cm³/mol. The number of nitrogens with zero attached hydrogens (tertiary/aromatic N) is 2. The number of rotatable bonds is 4. The monoisotopic (exact) mass is 480 g/mol. The van der Waals surface area contributed by atoms with Crippen LogP contribution < -0.4 is 10.4 Å². The molecule has 0 radical (unpaired) electrons. The fourth-order valence-electron chi connectivity index (χ4n) is 5.51. The van der Waals surface area contributed by atoms with Gasteiger partial charge in [-0.3, -0.25) is 4.90 Å². The number of carbonyl (C=O) groups is 1. The SMILES string of the molecule is CC(C)(C)OC(=O)N1CCN2CCC(O[Si](c3ccccc3)(c3ccccc3)C(C)(C)C)C2C1. The van der Waals surface area contributed by atoms with E-state index in [0.29, 0.717) is 13.1 Å². The zero-order valence-electron chi connectivity index (χ0n) is 21.6. The molecule has 1 amide bonds. The Kier molecular flexibility index (Phi) is 6.96. The van der Waals surface area contributed by atoms with Crippen LogP contribution in [0.2, 0.25) is 5.04 Å². The highest BCUT2D eigenvalue weighted by atomic mass is 28.4. The van der Waals surface area contributed by atoms with E-state index in [4.69, 9.17) is 9.16 Å². The molecule has 0 saturated carbocycles. The van der Waals surface area contributed by atoms with Crippen molar-refractivity contribution in [1.82, 2.24) is 9.80 Å². The van der Waals surface area contributed by atoms with E-state index >= 15 is 0 Å². The summed E-state index contributed by atoms with van der Waals surface area (Å²) in [7, 11) is -2.64. The molecule has 2 aromatic rings. The molecule has 2 aliphatic heterocycles. The minimum absolute atomic E-state index is 0.0662. The van der Waals surface area contributed by atoms with Gasteiger partial charge < -0.3 is 14.1 Å². The lowest BCUT2D eigenvalue weighted by molar-refractivity contribution is 0.000219. The predicted octanol–water partition coefficient (Wildman–Crippen LogP) is 4.26. The molecule has 0 bridgehead atoms. The number of fused-ring (bicyclic) bond motifs is 1. The molecule has 2 unspecified atom stereocenters. The van der Waals surface area contributed by atoms with Crippen molar-refractivity contribution in [2.24, 2.45) is 0 Å². The van der Waals surface area contributed by atoms with Crippen LogP contribution in [0.5, 0.6) is 0 Å². The molecule has 2 aromatic carbocycles. The van der Waals surface area contributed by atoms with E-state index < -0.39 is 13.9 Å². The minimum atomic E-state index is -2.64. The summed E-state index contributed by atoms with van der Waals surface area (Å²) in [4.78, 5) is 17.2. The fourth-order valence-corrected chi connectivity index (χ4v) is 10.3. The standard InChI is InChI=1S/C28H40N2O3Si/c1-27(2,3)32-26(31)30-20-19-29-18-17-25(24(29)21-30)33-34(28(4,5)6,22-13-9-7-10-14-22)23-15-11-8-12-16-23/h7-16,24-25H,17-21H2,1-6H3. The van der Waals surface area contributed by atoms with E-state index in [9.17, 15) is 4.79 Å². The number of carbonyl (C=O) groups excluding carboxylic acids is 1. The van der Waals surface area contributed by atoms with Crippen LogP contribution in [-0.2, 0) is 9.16 Å². The largest absolute Gasteiger partial charge is 0.444 e. The lowest BCUT2D eigenvalue weighted by Crippen LogP contribution is -2.69. The van der Waals surface area contributed by atoms with Gasteiger partial charge in [-0.25, -0.2) is 4.79 Å². The number of ether oxygens (including phenoxy) is 1. The van der Waals surface area contributed by atoms with Gasteiger partial charge in [-0.15, -0.1) is 0 Å². The highest BCUT2D eigenvalue weighted by molar-refractivity contribution is 6.99. The van der Waals surface area contributed by atoms with Crippen molar-refractivity contribution in [2.45, 2.75) is 70.7 Å². The molecule has 2 fully saturated rings. The summed E-state index contributed by atoms with van der Waals surface area (Å²) in [6.07, 6.45) is 0.830. The maximum absolute atomic E-state index is 12.8. The molecule has 2 atom stereocenters. The Morgan fingerprint density at radius 2 is 1.41 bits per heavy atom. The van der Waals surface area contributed by atoms with Gasteiger partial charge in [0.15, 0.2) is 0 Å². The molecule has 2 heterocycles. The van der Waals surface area contributed by atoms with Gasteiger partial charge >= 0.3 is 6.09 Å². The minimum Gasteiger partial charge on any atom is -0.444 e. The Morgan fingerprint density at radius 1 is 0.853 bits per heavy atom. The van der Waals surface area contributed by atoms with Crippen LogP contribution in [-0.4, -0.2) is 68.1 Å². The molecule has 0 aromatic heterocycles. The summed E-state index contributed by atoms with van der Waals surface area (Å²) >= 11 is 0. The Hall–Kier alpha value is -2.15. The van der Waals surface area contributed by atoms with Crippen molar-refractivity contribution >= 4 is 24.8 Å². The van der Waals surface area contributed by atoms with E-state index in [1.165, 1.54) is 10.4 Å². The average Bonchev–Trinajstić information content (AvgIpc) is 3.18. The van der Waals surface area contributed by atoms with Crippen LogP contribution in [0.3, 0.4) is 0 Å². The number of hydrogen-bond donors (Lipinski definition) is 0. The van der Waals surface area contributed by atoms with Gasteiger partial charge in [0.25, 0.3) is 8.32 Å². The van der Waals surface area contributed by atoms with Gasteiger partial charge in [0, 0.05) is 26.2 Å². The Morgan fingerprint density at radius 3 is 1.91 bits per heavy atom. The maximum atomic E-state index is 12.8. The van der Waals surface area contributed by atoms with E-state index in [1.54, 1.807) is 0 Å². The summed E-state index contributed by atoms with van der Waals surface area (Å²) in [5, 5.41) is 2.53. The lowest BCUT2D eigenvalue weighted by atomic mass is 10.1. The fraction of sp³-hybridized carbons (Fsp3) is 0.536. The molecular formula is C28H40N2O3Si. The van der Waals surface area contributed by atoms with Crippen molar-refractivity contribution in [2.75, 3.05) is 26.2 Å². The molecule has 0 N–H and O–H groups in total. The van der Waals surface area contributed by atoms with Crippen molar-refractivity contribution in [3.63, 3.8) is 0 Å². The Balaban J connectivity index is 1.68. The van der Waals surface area contributed by atoms with Crippen LogP contribution in [0, 0.1) is 0 Å². The zero-order chi connectivity index (χ0) is 24.6. The first kappa shape index (κ1) is 25.0. The molecule has 4 rings (SSSR count). The van der Waals surface area contributed by atoms with Crippen LogP contribution in [0.4, 0.5) is 4.79 Å². The molecule has 0 aliphatic carbocycles. The summed E-state index contributed by atoms with van der Waals surface area (Å²) < 4.78 is 13.1. The highest BCUT2D eigenvalue weighted by Crippen LogP contribution is 2.40. The first-order valence-electron chi connectivity index (χ1n) is 12.5. The van der Waals surface area contributed by atoms with Crippen LogP contribution in [0.25, 0.3) is 0 Å². The van der Waals surface area contributed by atoms with Gasteiger partial charge in [-0.05, 0) is 42.6 Å². The summed E-state index contributed by atoms with van der Waals surface area (Å²) in [5.74, 6) is 0. The second kappa shape index (κ2) is 9.48.